The summed E-state index contributed by atoms with van der Waals surface area (Å²) in [6.45, 7) is 2.96. The molecule has 0 unspecified atom stereocenters. The van der Waals surface area contributed by atoms with Crippen LogP contribution < -0.4 is 10.5 Å². The number of halogens is 2. The van der Waals surface area contributed by atoms with Gasteiger partial charge in [-0.2, -0.15) is 0 Å². The molecule has 0 bridgehead atoms. The Morgan fingerprint density at radius 3 is 2.67 bits per heavy atom. The number of rotatable bonds is 4. The third-order valence-electron chi connectivity index (χ3n) is 2.54. The Hall–Kier alpha value is -0.740. The molecule has 0 radical (unpaired) electrons. The normalized spacial score (nSPS) is 10.7. The predicted octanol–water partition coefficient (Wildman–Crippen LogP) is 4.58. The standard InChI is InChI=1S/C13H13Cl2NOS/c1-2-17-12-6-10(14)9(5-11(12)15)8-3-4-18-13(8)7-16/h3-6H,2,7,16H2,1H3. The summed E-state index contributed by atoms with van der Waals surface area (Å²) in [5.41, 5.74) is 7.64. The van der Waals surface area contributed by atoms with Crippen LogP contribution in [0.25, 0.3) is 11.1 Å². The van der Waals surface area contributed by atoms with Crippen LogP contribution in [-0.2, 0) is 6.54 Å². The monoisotopic (exact) mass is 301 g/mol. The highest BCUT2D eigenvalue weighted by Crippen LogP contribution is 2.39. The Bertz CT molecular complexity index is 554. The van der Waals surface area contributed by atoms with Crippen molar-refractivity contribution in [2.45, 2.75) is 13.5 Å². The molecular formula is C13H13Cl2NOS. The first-order valence-electron chi connectivity index (χ1n) is 5.56. The summed E-state index contributed by atoms with van der Waals surface area (Å²) >= 11 is 14.1. The smallest absolute Gasteiger partial charge is 0.139 e. The maximum Gasteiger partial charge on any atom is 0.139 e. The minimum absolute atomic E-state index is 0.494. The summed E-state index contributed by atoms with van der Waals surface area (Å²) in [7, 11) is 0. The van der Waals surface area contributed by atoms with Crippen LogP contribution in [0.4, 0.5) is 0 Å². The lowest BCUT2D eigenvalue weighted by Gasteiger charge is -2.10. The first-order chi connectivity index (χ1) is 8.67. The molecule has 18 heavy (non-hydrogen) atoms. The third kappa shape index (κ3) is 2.64. The van der Waals surface area contributed by atoms with Crippen molar-refractivity contribution in [2.24, 2.45) is 5.73 Å². The Morgan fingerprint density at radius 2 is 2.00 bits per heavy atom. The van der Waals surface area contributed by atoms with Gasteiger partial charge in [0.1, 0.15) is 5.75 Å². The lowest BCUT2D eigenvalue weighted by Crippen LogP contribution is -1.96. The average Bonchev–Trinajstić information content (AvgIpc) is 2.81. The van der Waals surface area contributed by atoms with Crippen LogP contribution >= 0.6 is 34.5 Å². The van der Waals surface area contributed by atoms with Crippen LogP contribution in [0.3, 0.4) is 0 Å². The van der Waals surface area contributed by atoms with Gasteiger partial charge in [-0.3, -0.25) is 0 Å². The van der Waals surface area contributed by atoms with Gasteiger partial charge in [-0.1, -0.05) is 23.2 Å². The highest BCUT2D eigenvalue weighted by molar-refractivity contribution is 7.10. The van der Waals surface area contributed by atoms with Crippen molar-refractivity contribution in [1.29, 1.82) is 0 Å². The number of hydrogen-bond donors (Lipinski definition) is 1. The number of benzene rings is 1. The molecule has 2 aromatic rings. The molecule has 0 aliphatic rings. The first-order valence-corrected chi connectivity index (χ1v) is 7.19. The SMILES string of the molecule is CCOc1cc(Cl)c(-c2ccsc2CN)cc1Cl. The van der Waals surface area contributed by atoms with Gasteiger partial charge in [-0.25, -0.2) is 0 Å². The molecule has 1 heterocycles. The second-order valence-electron chi connectivity index (χ2n) is 3.66. The van der Waals surface area contributed by atoms with Crippen molar-refractivity contribution < 1.29 is 4.74 Å². The number of hydrogen-bond acceptors (Lipinski definition) is 3. The predicted molar refractivity (Wildman–Crippen MR) is 78.8 cm³/mol. The van der Waals surface area contributed by atoms with Gasteiger partial charge in [-0.05, 0) is 30.0 Å². The molecule has 5 heteroatoms. The van der Waals surface area contributed by atoms with Crippen LogP contribution in [0.1, 0.15) is 11.8 Å². The quantitative estimate of drug-likeness (QED) is 0.897. The van der Waals surface area contributed by atoms with Crippen LogP contribution in [-0.4, -0.2) is 6.61 Å². The summed E-state index contributed by atoms with van der Waals surface area (Å²) < 4.78 is 5.41. The Balaban J connectivity index is 2.49. The first kappa shape index (κ1) is 13.7. The van der Waals surface area contributed by atoms with E-state index in [4.69, 9.17) is 33.7 Å². The zero-order chi connectivity index (χ0) is 13.1. The molecule has 0 aliphatic carbocycles. The second-order valence-corrected chi connectivity index (χ2v) is 5.47. The molecule has 1 aromatic heterocycles. The van der Waals surface area contributed by atoms with Crippen molar-refractivity contribution in [2.75, 3.05) is 6.61 Å². The maximum atomic E-state index is 6.28. The lowest BCUT2D eigenvalue weighted by molar-refractivity contribution is 0.340. The van der Waals surface area contributed by atoms with Crippen molar-refractivity contribution in [1.82, 2.24) is 0 Å². The molecule has 2 rings (SSSR count). The zero-order valence-electron chi connectivity index (χ0n) is 9.87. The Labute approximate surface area is 120 Å². The summed E-state index contributed by atoms with van der Waals surface area (Å²) in [5.74, 6) is 0.609. The Kier molecular flexibility index (Phi) is 4.51. The number of nitrogens with two attached hydrogens (primary N) is 1. The van der Waals surface area contributed by atoms with Crippen molar-refractivity contribution in [3.05, 3.63) is 38.5 Å². The minimum Gasteiger partial charge on any atom is -0.492 e. The molecule has 0 spiro atoms. The molecular weight excluding hydrogens is 289 g/mol. The zero-order valence-corrected chi connectivity index (χ0v) is 12.2. The van der Waals surface area contributed by atoms with E-state index >= 15 is 0 Å². The number of thiophene rings is 1. The molecule has 0 fully saturated rings. The highest BCUT2D eigenvalue weighted by Gasteiger charge is 2.13. The van der Waals surface area contributed by atoms with Crippen molar-refractivity contribution in [3.8, 4) is 16.9 Å². The highest BCUT2D eigenvalue weighted by atomic mass is 35.5. The van der Waals surface area contributed by atoms with Crippen LogP contribution in [0.5, 0.6) is 5.75 Å². The molecule has 0 atom stereocenters. The maximum absolute atomic E-state index is 6.28. The largest absolute Gasteiger partial charge is 0.492 e. The van der Waals surface area contributed by atoms with E-state index in [0.29, 0.717) is 28.9 Å². The van der Waals surface area contributed by atoms with Gasteiger partial charge >= 0.3 is 0 Å². The molecule has 0 saturated carbocycles. The molecule has 1 aromatic carbocycles. The van der Waals surface area contributed by atoms with Gasteiger partial charge in [0.2, 0.25) is 0 Å². The summed E-state index contributed by atoms with van der Waals surface area (Å²) in [6, 6.07) is 5.58. The van der Waals surface area contributed by atoms with Crippen molar-refractivity contribution >= 4 is 34.5 Å². The third-order valence-corrected chi connectivity index (χ3v) is 4.09. The lowest BCUT2D eigenvalue weighted by atomic mass is 10.1. The van der Waals surface area contributed by atoms with E-state index in [0.717, 1.165) is 16.0 Å². The van der Waals surface area contributed by atoms with Gasteiger partial charge in [0, 0.05) is 23.1 Å². The Morgan fingerprint density at radius 1 is 1.22 bits per heavy atom. The minimum atomic E-state index is 0.494. The molecule has 0 aliphatic heterocycles. The second kappa shape index (κ2) is 5.93. The van der Waals surface area contributed by atoms with Gasteiger partial charge in [0.15, 0.2) is 0 Å². The van der Waals surface area contributed by atoms with Gasteiger partial charge in [0.25, 0.3) is 0 Å². The molecule has 0 amide bonds. The molecule has 2 nitrogen and oxygen atoms in total. The fourth-order valence-corrected chi connectivity index (χ4v) is 2.98. The fourth-order valence-electron chi connectivity index (χ4n) is 1.74. The van der Waals surface area contributed by atoms with Gasteiger partial charge in [-0.15, -0.1) is 11.3 Å². The molecule has 96 valence electrons. The summed E-state index contributed by atoms with van der Waals surface area (Å²) in [5, 5.41) is 3.18. The van der Waals surface area contributed by atoms with E-state index in [9.17, 15) is 0 Å². The van der Waals surface area contributed by atoms with E-state index in [1.165, 1.54) is 0 Å². The summed E-state index contributed by atoms with van der Waals surface area (Å²) in [4.78, 5) is 1.09. The van der Waals surface area contributed by atoms with E-state index in [-0.39, 0.29) is 0 Å². The molecule has 2 N–H and O–H groups in total. The van der Waals surface area contributed by atoms with Crippen molar-refractivity contribution in [3.63, 3.8) is 0 Å². The van der Waals surface area contributed by atoms with E-state index in [1.807, 2.05) is 24.4 Å². The number of ether oxygens (including phenoxy) is 1. The van der Waals surface area contributed by atoms with E-state index < -0.39 is 0 Å². The summed E-state index contributed by atoms with van der Waals surface area (Å²) in [6.07, 6.45) is 0. The van der Waals surface area contributed by atoms with E-state index in [1.54, 1.807) is 17.4 Å². The van der Waals surface area contributed by atoms with Crippen LogP contribution in [0.15, 0.2) is 23.6 Å². The average molecular weight is 302 g/mol. The van der Waals surface area contributed by atoms with Crippen LogP contribution in [0, 0.1) is 0 Å². The topological polar surface area (TPSA) is 35.2 Å². The van der Waals surface area contributed by atoms with Crippen LogP contribution in [0.2, 0.25) is 10.0 Å². The molecule has 0 saturated heterocycles. The van der Waals surface area contributed by atoms with Gasteiger partial charge in [0.05, 0.1) is 16.7 Å². The van der Waals surface area contributed by atoms with E-state index in [2.05, 4.69) is 0 Å². The van der Waals surface area contributed by atoms with Gasteiger partial charge < -0.3 is 10.5 Å². The fraction of sp³-hybridized carbons (Fsp3) is 0.231.